The number of nitrogens with zero attached hydrogens (tertiary/aromatic N) is 2. The van der Waals surface area contributed by atoms with Crippen LogP contribution < -0.4 is 0 Å². The SMILES string of the molecule is COC(=O)c1cccc(-c2ccc(/C=C3/SC(=Nc4cccc(C(=O)O)c4)N(C)C3=O)o2)c1. The first-order valence-corrected chi connectivity index (χ1v) is 10.6. The number of thioether (sulfide) groups is 1. The van der Waals surface area contributed by atoms with Gasteiger partial charge in [0.25, 0.3) is 5.91 Å². The Bertz CT molecular complexity index is 1320. The van der Waals surface area contributed by atoms with Crippen molar-refractivity contribution in [3.05, 3.63) is 82.5 Å². The maximum absolute atomic E-state index is 12.7. The molecule has 2 heterocycles. The second-order valence-electron chi connectivity index (χ2n) is 7.00. The number of carbonyl (C=O) groups is 3. The van der Waals surface area contributed by atoms with E-state index in [-0.39, 0.29) is 11.5 Å². The minimum atomic E-state index is -1.05. The number of hydrogen-bond donors (Lipinski definition) is 1. The number of carboxylic acids is 1. The molecule has 1 amide bonds. The third-order valence-electron chi connectivity index (χ3n) is 4.79. The Kier molecular flexibility index (Phi) is 6.14. The molecule has 3 aromatic rings. The van der Waals surface area contributed by atoms with Crippen LogP contribution in [0.25, 0.3) is 17.4 Å². The molecule has 0 spiro atoms. The molecule has 0 aliphatic carbocycles. The molecule has 1 saturated heterocycles. The van der Waals surface area contributed by atoms with E-state index in [1.165, 1.54) is 24.1 Å². The summed E-state index contributed by atoms with van der Waals surface area (Å²) in [5.41, 5.74) is 1.65. The minimum Gasteiger partial charge on any atom is -0.478 e. The Morgan fingerprint density at radius 1 is 1.09 bits per heavy atom. The number of esters is 1. The molecular weight excluding hydrogens is 444 g/mol. The largest absolute Gasteiger partial charge is 0.478 e. The third-order valence-corrected chi connectivity index (χ3v) is 5.85. The minimum absolute atomic E-state index is 0.115. The molecule has 1 aliphatic heterocycles. The van der Waals surface area contributed by atoms with E-state index < -0.39 is 11.9 Å². The quantitative estimate of drug-likeness (QED) is 0.434. The molecule has 166 valence electrons. The Labute approximate surface area is 193 Å². The standard InChI is InChI=1S/C24H18N2O6S/c1-26-21(27)20(33-24(26)25-17-8-4-6-15(12-17)22(28)29)13-18-9-10-19(32-18)14-5-3-7-16(11-14)23(30)31-2/h3-13H,1-2H3,(H,28,29)/b20-13+,25-24?. The van der Waals surface area contributed by atoms with Gasteiger partial charge >= 0.3 is 11.9 Å². The lowest BCUT2D eigenvalue weighted by atomic mass is 10.1. The van der Waals surface area contributed by atoms with E-state index >= 15 is 0 Å². The van der Waals surface area contributed by atoms with Crippen LogP contribution in [0.4, 0.5) is 5.69 Å². The lowest BCUT2D eigenvalue weighted by Crippen LogP contribution is -2.23. The van der Waals surface area contributed by atoms with Crippen molar-refractivity contribution in [2.24, 2.45) is 4.99 Å². The highest BCUT2D eigenvalue weighted by atomic mass is 32.2. The van der Waals surface area contributed by atoms with Crippen LogP contribution >= 0.6 is 11.8 Å². The van der Waals surface area contributed by atoms with Gasteiger partial charge in [0.05, 0.1) is 28.8 Å². The van der Waals surface area contributed by atoms with Crippen molar-refractivity contribution in [2.45, 2.75) is 0 Å². The summed E-state index contributed by atoms with van der Waals surface area (Å²) in [6, 6.07) is 16.5. The Morgan fingerprint density at radius 2 is 1.85 bits per heavy atom. The molecule has 0 saturated carbocycles. The molecule has 1 aromatic heterocycles. The van der Waals surface area contributed by atoms with Crippen LogP contribution in [0.3, 0.4) is 0 Å². The van der Waals surface area contributed by atoms with Crippen LogP contribution in [-0.2, 0) is 9.53 Å². The fourth-order valence-corrected chi connectivity index (χ4v) is 4.07. The smallest absolute Gasteiger partial charge is 0.337 e. The number of ether oxygens (including phenoxy) is 1. The summed E-state index contributed by atoms with van der Waals surface area (Å²) in [4.78, 5) is 41.8. The average Bonchev–Trinajstić information content (AvgIpc) is 3.39. The molecule has 4 rings (SSSR count). The van der Waals surface area contributed by atoms with E-state index in [0.29, 0.717) is 38.4 Å². The summed E-state index contributed by atoms with van der Waals surface area (Å²) >= 11 is 1.16. The molecule has 1 fully saturated rings. The van der Waals surface area contributed by atoms with Crippen LogP contribution in [0.2, 0.25) is 0 Å². The first-order chi connectivity index (χ1) is 15.9. The number of benzene rings is 2. The van der Waals surface area contributed by atoms with E-state index in [1.807, 2.05) is 0 Å². The lowest BCUT2D eigenvalue weighted by Gasteiger charge is -2.07. The number of carbonyl (C=O) groups excluding carboxylic acids is 2. The molecule has 33 heavy (non-hydrogen) atoms. The molecule has 0 radical (unpaired) electrons. The molecule has 2 aromatic carbocycles. The number of aromatic carboxylic acids is 1. The highest BCUT2D eigenvalue weighted by Crippen LogP contribution is 2.34. The summed E-state index contributed by atoms with van der Waals surface area (Å²) < 4.78 is 10.6. The molecule has 1 aliphatic rings. The van der Waals surface area contributed by atoms with Gasteiger partial charge in [-0.25, -0.2) is 14.6 Å². The van der Waals surface area contributed by atoms with Crippen molar-refractivity contribution in [1.29, 1.82) is 0 Å². The zero-order valence-electron chi connectivity index (χ0n) is 17.6. The number of likely N-dealkylation sites (N-methyl/N-ethyl adjacent to an activating group) is 1. The van der Waals surface area contributed by atoms with Crippen molar-refractivity contribution in [2.75, 3.05) is 14.2 Å². The van der Waals surface area contributed by atoms with E-state index in [1.54, 1.807) is 61.7 Å². The van der Waals surface area contributed by atoms with Crippen LogP contribution in [-0.4, -0.2) is 47.2 Å². The normalized spacial score (nSPS) is 15.9. The second-order valence-corrected chi connectivity index (χ2v) is 8.01. The van der Waals surface area contributed by atoms with Crippen molar-refractivity contribution in [3.8, 4) is 11.3 Å². The highest BCUT2D eigenvalue weighted by Gasteiger charge is 2.30. The molecule has 0 unspecified atom stereocenters. The Balaban J connectivity index is 1.58. The van der Waals surface area contributed by atoms with Gasteiger partial charge in [0.15, 0.2) is 5.17 Å². The number of rotatable bonds is 5. The Hall–Kier alpha value is -4.11. The van der Waals surface area contributed by atoms with Gasteiger partial charge in [-0.15, -0.1) is 0 Å². The number of amidine groups is 1. The van der Waals surface area contributed by atoms with Gasteiger partial charge in [-0.05, 0) is 54.2 Å². The summed E-state index contributed by atoms with van der Waals surface area (Å²) in [5.74, 6) is -0.740. The van der Waals surface area contributed by atoms with Crippen molar-refractivity contribution in [3.63, 3.8) is 0 Å². The van der Waals surface area contributed by atoms with E-state index in [0.717, 1.165) is 11.8 Å². The average molecular weight is 462 g/mol. The van der Waals surface area contributed by atoms with Crippen LogP contribution in [0.1, 0.15) is 26.5 Å². The maximum atomic E-state index is 12.7. The molecular formula is C24H18N2O6S. The van der Waals surface area contributed by atoms with Crippen LogP contribution in [0.5, 0.6) is 0 Å². The molecule has 9 heteroatoms. The zero-order chi connectivity index (χ0) is 23.5. The summed E-state index contributed by atoms with van der Waals surface area (Å²) in [6.45, 7) is 0. The number of furan rings is 1. The molecule has 0 atom stereocenters. The van der Waals surface area contributed by atoms with E-state index in [9.17, 15) is 14.4 Å². The number of aliphatic imine (C=N–C) groups is 1. The molecule has 1 N–H and O–H groups in total. The van der Waals surface area contributed by atoms with Gasteiger partial charge in [0.2, 0.25) is 0 Å². The number of amides is 1. The Morgan fingerprint density at radius 3 is 2.61 bits per heavy atom. The number of hydrogen-bond acceptors (Lipinski definition) is 7. The number of carboxylic acid groups (broad SMARTS) is 1. The summed E-state index contributed by atoms with van der Waals surface area (Å²) in [5, 5.41) is 9.57. The zero-order valence-corrected chi connectivity index (χ0v) is 18.5. The van der Waals surface area contributed by atoms with Crippen molar-refractivity contribution < 1.29 is 28.6 Å². The molecule has 0 bridgehead atoms. The first kappa shape index (κ1) is 22.1. The van der Waals surface area contributed by atoms with Gasteiger partial charge < -0.3 is 14.3 Å². The third kappa shape index (κ3) is 4.73. The lowest BCUT2D eigenvalue weighted by molar-refractivity contribution is -0.121. The van der Waals surface area contributed by atoms with Crippen molar-refractivity contribution in [1.82, 2.24) is 4.90 Å². The highest BCUT2D eigenvalue weighted by molar-refractivity contribution is 8.18. The topological polar surface area (TPSA) is 109 Å². The van der Waals surface area contributed by atoms with Crippen molar-refractivity contribution >= 4 is 46.5 Å². The summed E-state index contributed by atoms with van der Waals surface area (Å²) in [7, 11) is 2.92. The van der Waals surface area contributed by atoms with Gasteiger partial charge in [-0.3, -0.25) is 9.69 Å². The van der Waals surface area contributed by atoms with E-state index in [2.05, 4.69) is 4.99 Å². The maximum Gasteiger partial charge on any atom is 0.337 e. The van der Waals surface area contributed by atoms with Gasteiger partial charge in [0, 0.05) is 18.7 Å². The van der Waals surface area contributed by atoms with Crippen LogP contribution in [0.15, 0.2) is 75.0 Å². The first-order valence-electron chi connectivity index (χ1n) is 9.74. The summed E-state index contributed by atoms with van der Waals surface area (Å²) in [6.07, 6.45) is 1.62. The fraction of sp³-hybridized carbons (Fsp3) is 0.0833. The van der Waals surface area contributed by atoms with E-state index in [4.69, 9.17) is 14.3 Å². The monoisotopic (exact) mass is 462 g/mol. The molecule has 8 nitrogen and oxygen atoms in total. The van der Waals surface area contributed by atoms with Gasteiger partial charge in [-0.2, -0.15) is 0 Å². The van der Waals surface area contributed by atoms with Gasteiger partial charge in [-0.1, -0.05) is 18.2 Å². The van der Waals surface area contributed by atoms with Crippen LogP contribution in [0, 0.1) is 0 Å². The predicted molar refractivity (Wildman–Crippen MR) is 124 cm³/mol. The number of methoxy groups -OCH3 is 1. The fourth-order valence-electron chi connectivity index (χ4n) is 3.10. The predicted octanol–water partition coefficient (Wildman–Crippen LogP) is 4.67. The van der Waals surface area contributed by atoms with Gasteiger partial charge in [0.1, 0.15) is 11.5 Å². The second kappa shape index (κ2) is 9.17.